The zero-order valence-electron chi connectivity index (χ0n) is 16.5. The molecular weight excluding hydrogens is 342 g/mol. The van der Waals surface area contributed by atoms with Crippen molar-refractivity contribution < 1.29 is 14.4 Å². The van der Waals surface area contributed by atoms with E-state index in [0.717, 1.165) is 11.1 Å². The summed E-state index contributed by atoms with van der Waals surface area (Å²) >= 11 is 0. The van der Waals surface area contributed by atoms with Crippen LogP contribution < -0.4 is 10.6 Å². The molecule has 1 aromatic carbocycles. The largest absolute Gasteiger partial charge is 0.353 e. The number of nitrogens with one attached hydrogen (secondary N) is 2. The van der Waals surface area contributed by atoms with Gasteiger partial charge in [0.1, 0.15) is 6.04 Å². The summed E-state index contributed by atoms with van der Waals surface area (Å²) in [5.41, 5.74) is 2.41. The molecule has 0 aliphatic carbocycles. The van der Waals surface area contributed by atoms with Gasteiger partial charge < -0.3 is 15.5 Å². The van der Waals surface area contributed by atoms with Crippen molar-refractivity contribution in [3.05, 3.63) is 47.0 Å². The average molecular weight is 371 g/mol. The average Bonchev–Trinajstić information content (AvgIpc) is 2.60. The molecule has 2 rings (SSSR count). The zero-order chi connectivity index (χ0) is 20.0. The summed E-state index contributed by atoms with van der Waals surface area (Å²) in [5, 5.41) is 5.66. The Morgan fingerprint density at radius 1 is 1.26 bits per heavy atom. The quantitative estimate of drug-likeness (QED) is 0.753. The molecule has 0 aromatic heterocycles. The number of allylic oxidation sites excluding steroid dienone is 1. The van der Waals surface area contributed by atoms with E-state index in [9.17, 15) is 14.4 Å². The summed E-state index contributed by atoms with van der Waals surface area (Å²) in [4.78, 5) is 38.5. The van der Waals surface area contributed by atoms with Gasteiger partial charge in [0.25, 0.3) is 5.91 Å². The van der Waals surface area contributed by atoms with Crippen molar-refractivity contribution >= 4 is 17.7 Å². The lowest BCUT2D eigenvalue weighted by atomic mass is 9.99. The Morgan fingerprint density at radius 3 is 2.52 bits per heavy atom. The van der Waals surface area contributed by atoms with Gasteiger partial charge in [-0.15, -0.1) is 0 Å². The van der Waals surface area contributed by atoms with Crippen LogP contribution in [0.1, 0.15) is 50.0 Å². The SMILES string of the molecule is CC(C)=CC(=O)NCc1ccc(C(=O)N2CCNC(=O)[C@@H]2CC(C)C)cc1. The van der Waals surface area contributed by atoms with Gasteiger partial charge in [-0.3, -0.25) is 14.4 Å². The molecule has 1 fully saturated rings. The van der Waals surface area contributed by atoms with Crippen LogP contribution in [0.25, 0.3) is 0 Å². The monoisotopic (exact) mass is 371 g/mol. The molecule has 1 heterocycles. The number of piperazine rings is 1. The highest BCUT2D eigenvalue weighted by molar-refractivity contribution is 5.98. The van der Waals surface area contributed by atoms with Gasteiger partial charge >= 0.3 is 0 Å². The molecule has 2 N–H and O–H groups in total. The van der Waals surface area contributed by atoms with Crippen molar-refractivity contribution in [1.82, 2.24) is 15.5 Å². The highest BCUT2D eigenvalue weighted by Crippen LogP contribution is 2.18. The van der Waals surface area contributed by atoms with Gasteiger partial charge in [0, 0.05) is 31.3 Å². The lowest BCUT2D eigenvalue weighted by Crippen LogP contribution is -2.57. The first kappa shape index (κ1) is 20.7. The Labute approximate surface area is 161 Å². The molecule has 6 nitrogen and oxygen atoms in total. The molecule has 1 atom stereocenters. The van der Waals surface area contributed by atoms with E-state index < -0.39 is 6.04 Å². The Kier molecular flexibility index (Phi) is 7.16. The fourth-order valence-electron chi connectivity index (χ4n) is 3.07. The summed E-state index contributed by atoms with van der Waals surface area (Å²) in [6.07, 6.45) is 2.19. The van der Waals surface area contributed by atoms with Crippen molar-refractivity contribution in [2.45, 2.75) is 46.7 Å². The van der Waals surface area contributed by atoms with E-state index in [-0.39, 0.29) is 17.7 Å². The number of benzene rings is 1. The van der Waals surface area contributed by atoms with E-state index in [4.69, 9.17) is 0 Å². The van der Waals surface area contributed by atoms with E-state index in [1.54, 1.807) is 23.1 Å². The minimum Gasteiger partial charge on any atom is -0.353 e. The molecule has 1 aromatic rings. The number of rotatable bonds is 6. The van der Waals surface area contributed by atoms with Gasteiger partial charge in [-0.2, -0.15) is 0 Å². The van der Waals surface area contributed by atoms with Crippen LogP contribution in [0.4, 0.5) is 0 Å². The molecule has 0 radical (unpaired) electrons. The first-order chi connectivity index (χ1) is 12.8. The molecule has 0 spiro atoms. The van der Waals surface area contributed by atoms with Crippen LogP contribution in [-0.4, -0.2) is 41.8 Å². The molecule has 1 saturated heterocycles. The minimum absolute atomic E-state index is 0.0816. The van der Waals surface area contributed by atoms with Crippen molar-refractivity contribution in [3.63, 3.8) is 0 Å². The first-order valence-electron chi connectivity index (χ1n) is 9.38. The van der Waals surface area contributed by atoms with Gasteiger partial charge in [-0.25, -0.2) is 0 Å². The maximum atomic E-state index is 12.9. The third-order valence-electron chi connectivity index (χ3n) is 4.37. The Balaban J connectivity index is 2.04. The molecule has 0 unspecified atom stereocenters. The van der Waals surface area contributed by atoms with E-state index in [0.29, 0.717) is 37.5 Å². The number of hydrogen-bond donors (Lipinski definition) is 2. The van der Waals surface area contributed by atoms with Gasteiger partial charge in [-0.1, -0.05) is 31.6 Å². The molecular formula is C21H29N3O3. The van der Waals surface area contributed by atoms with Crippen LogP contribution in [0.2, 0.25) is 0 Å². The number of carbonyl (C=O) groups excluding carboxylic acids is 3. The van der Waals surface area contributed by atoms with Crippen LogP contribution in [-0.2, 0) is 16.1 Å². The summed E-state index contributed by atoms with van der Waals surface area (Å²) in [7, 11) is 0. The number of amides is 3. The van der Waals surface area contributed by atoms with Crippen LogP contribution in [0.5, 0.6) is 0 Å². The molecule has 0 bridgehead atoms. The molecule has 27 heavy (non-hydrogen) atoms. The van der Waals surface area contributed by atoms with Crippen LogP contribution in [0.15, 0.2) is 35.9 Å². The highest BCUT2D eigenvalue weighted by atomic mass is 16.2. The van der Waals surface area contributed by atoms with E-state index in [1.165, 1.54) is 0 Å². The molecule has 146 valence electrons. The van der Waals surface area contributed by atoms with Crippen LogP contribution in [0.3, 0.4) is 0 Å². The highest BCUT2D eigenvalue weighted by Gasteiger charge is 2.33. The van der Waals surface area contributed by atoms with Gasteiger partial charge in [0.15, 0.2) is 0 Å². The number of nitrogens with zero attached hydrogens (tertiary/aromatic N) is 1. The Hall–Kier alpha value is -2.63. The van der Waals surface area contributed by atoms with Gasteiger partial charge in [0.05, 0.1) is 0 Å². The fourth-order valence-corrected chi connectivity index (χ4v) is 3.07. The predicted molar refractivity (Wildman–Crippen MR) is 105 cm³/mol. The minimum atomic E-state index is -0.422. The second-order valence-corrected chi connectivity index (χ2v) is 7.57. The van der Waals surface area contributed by atoms with Gasteiger partial charge in [0.2, 0.25) is 11.8 Å². The van der Waals surface area contributed by atoms with E-state index in [2.05, 4.69) is 10.6 Å². The smallest absolute Gasteiger partial charge is 0.254 e. The van der Waals surface area contributed by atoms with E-state index in [1.807, 2.05) is 39.8 Å². The van der Waals surface area contributed by atoms with Crippen molar-refractivity contribution in [1.29, 1.82) is 0 Å². The fraction of sp³-hybridized carbons (Fsp3) is 0.476. The number of carbonyl (C=O) groups is 3. The third-order valence-corrected chi connectivity index (χ3v) is 4.37. The maximum absolute atomic E-state index is 12.9. The molecule has 3 amide bonds. The molecule has 6 heteroatoms. The number of hydrogen-bond acceptors (Lipinski definition) is 3. The summed E-state index contributed by atoms with van der Waals surface area (Å²) in [6.45, 7) is 9.22. The lowest BCUT2D eigenvalue weighted by molar-refractivity contribution is -0.128. The van der Waals surface area contributed by atoms with Crippen LogP contribution >= 0.6 is 0 Å². The standard InChI is InChI=1S/C21H29N3O3/c1-14(2)11-18-20(26)22-9-10-24(18)21(27)17-7-5-16(6-8-17)13-23-19(25)12-15(3)4/h5-8,12,14,18H,9-11,13H2,1-4H3,(H,22,26)(H,23,25)/t18-/m0/s1. The Bertz CT molecular complexity index is 719. The van der Waals surface area contributed by atoms with E-state index >= 15 is 0 Å². The summed E-state index contributed by atoms with van der Waals surface area (Å²) in [6, 6.07) is 6.75. The normalized spacial score (nSPS) is 16.7. The predicted octanol–water partition coefficient (Wildman–Crippen LogP) is 2.26. The molecule has 1 aliphatic heterocycles. The molecule has 1 aliphatic rings. The summed E-state index contributed by atoms with van der Waals surface area (Å²) < 4.78 is 0. The maximum Gasteiger partial charge on any atom is 0.254 e. The second-order valence-electron chi connectivity index (χ2n) is 7.57. The van der Waals surface area contributed by atoms with Crippen molar-refractivity contribution in [3.8, 4) is 0 Å². The third kappa shape index (κ3) is 5.94. The lowest BCUT2D eigenvalue weighted by Gasteiger charge is -2.36. The van der Waals surface area contributed by atoms with Crippen LogP contribution in [0, 0.1) is 5.92 Å². The zero-order valence-corrected chi connectivity index (χ0v) is 16.5. The first-order valence-corrected chi connectivity index (χ1v) is 9.38. The second kappa shape index (κ2) is 9.35. The van der Waals surface area contributed by atoms with Crippen molar-refractivity contribution in [2.24, 2.45) is 5.92 Å². The van der Waals surface area contributed by atoms with Crippen molar-refractivity contribution in [2.75, 3.05) is 13.1 Å². The summed E-state index contributed by atoms with van der Waals surface area (Å²) in [5.74, 6) is -0.0236. The molecule has 0 saturated carbocycles. The van der Waals surface area contributed by atoms with Gasteiger partial charge in [-0.05, 0) is 43.9 Å². The topological polar surface area (TPSA) is 78.5 Å². The Morgan fingerprint density at radius 2 is 1.93 bits per heavy atom.